The Morgan fingerprint density at radius 2 is 2.18 bits per heavy atom. The second-order valence-corrected chi connectivity index (χ2v) is 3.61. The summed E-state index contributed by atoms with van der Waals surface area (Å²) in [6.07, 6.45) is -0.977. The van der Waals surface area contributed by atoms with Crippen molar-refractivity contribution < 1.29 is 19.4 Å². The van der Waals surface area contributed by atoms with Crippen LogP contribution in [0.5, 0.6) is 0 Å². The monoisotopic (exact) mass is 241 g/mol. The van der Waals surface area contributed by atoms with E-state index in [9.17, 15) is 9.59 Å². The number of esters is 1. The first-order valence-corrected chi connectivity index (χ1v) is 5.11. The Hall–Kier alpha value is -2.05. The number of rotatable bonds is 4. The summed E-state index contributed by atoms with van der Waals surface area (Å²) in [4.78, 5) is 22.5. The van der Waals surface area contributed by atoms with Gasteiger partial charge in [0.2, 0.25) is 0 Å². The van der Waals surface area contributed by atoms with Crippen LogP contribution in [0.15, 0.2) is 0 Å². The highest BCUT2D eigenvalue weighted by atomic mass is 16.6. The number of hydrogen-bond donors (Lipinski definition) is 2. The second-order valence-electron chi connectivity index (χ2n) is 3.61. The van der Waals surface area contributed by atoms with Gasteiger partial charge in [-0.25, -0.2) is 9.59 Å². The van der Waals surface area contributed by atoms with E-state index >= 15 is 0 Å². The fourth-order valence-electron chi connectivity index (χ4n) is 1.41. The van der Waals surface area contributed by atoms with Gasteiger partial charge in [0.05, 0.1) is 11.4 Å². The predicted molar refractivity (Wildman–Crippen MR) is 59.5 cm³/mol. The number of carboxylic acids is 1. The third-order valence-electron chi connectivity index (χ3n) is 2.36. The molecule has 1 unspecified atom stereocenters. The van der Waals surface area contributed by atoms with E-state index in [-0.39, 0.29) is 17.8 Å². The molecular formula is C10H15N3O4. The van der Waals surface area contributed by atoms with E-state index < -0.39 is 18.0 Å². The van der Waals surface area contributed by atoms with Crippen LogP contribution in [0.3, 0.4) is 0 Å². The molecule has 0 saturated carbocycles. The Morgan fingerprint density at radius 3 is 2.53 bits per heavy atom. The van der Waals surface area contributed by atoms with Crippen molar-refractivity contribution in [1.82, 2.24) is 9.78 Å². The minimum absolute atomic E-state index is 0.0715. The van der Waals surface area contributed by atoms with Gasteiger partial charge in [0.25, 0.3) is 0 Å². The SMILES string of the molecule is CCC(OC(=O)c1c(N)c(C)nn1C)C(=O)O. The number of nitrogens with zero attached hydrogens (tertiary/aromatic N) is 2. The molecule has 94 valence electrons. The molecule has 0 fully saturated rings. The van der Waals surface area contributed by atoms with E-state index in [1.807, 2.05) is 0 Å². The highest BCUT2D eigenvalue weighted by molar-refractivity contribution is 5.95. The Kier molecular flexibility index (Phi) is 3.72. The van der Waals surface area contributed by atoms with Crippen LogP contribution in [-0.4, -0.2) is 32.9 Å². The quantitative estimate of drug-likeness (QED) is 0.735. The molecule has 1 aromatic heterocycles. The van der Waals surface area contributed by atoms with Crippen molar-refractivity contribution in [2.24, 2.45) is 7.05 Å². The minimum Gasteiger partial charge on any atom is -0.479 e. The summed E-state index contributed by atoms with van der Waals surface area (Å²) >= 11 is 0. The van der Waals surface area contributed by atoms with Crippen LogP contribution in [-0.2, 0) is 16.6 Å². The van der Waals surface area contributed by atoms with Crippen molar-refractivity contribution in [2.75, 3.05) is 5.73 Å². The van der Waals surface area contributed by atoms with Crippen LogP contribution in [0.25, 0.3) is 0 Å². The molecule has 0 aromatic carbocycles. The van der Waals surface area contributed by atoms with E-state index in [0.717, 1.165) is 0 Å². The number of carbonyl (C=O) groups is 2. The predicted octanol–water partition coefficient (Wildman–Crippen LogP) is 0.331. The molecule has 1 rings (SSSR count). The minimum atomic E-state index is -1.18. The van der Waals surface area contributed by atoms with Gasteiger partial charge in [0.1, 0.15) is 0 Å². The Morgan fingerprint density at radius 1 is 1.59 bits per heavy atom. The third-order valence-corrected chi connectivity index (χ3v) is 2.36. The van der Waals surface area contributed by atoms with Crippen molar-refractivity contribution in [3.63, 3.8) is 0 Å². The summed E-state index contributed by atoms with van der Waals surface area (Å²) in [6.45, 7) is 3.27. The molecule has 0 spiro atoms. The normalized spacial score (nSPS) is 12.2. The molecule has 0 aliphatic heterocycles. The Bertz CT molecular complexity index is 453. The largest absolute Gasteiger partial charge is 0.479 e. The van der Waals surface area contributed by atoms with Crippen LogP contribution < -0.4 is 5.73 Å². The maximum absolute atomic E-state index is 11.7. The molecule has 3 N–H and O–H groups in total. The first-order chi connectivity index (χ1) is 7.88. The van der Waals surface area contributed by atoms with Gasteiger partial charge in [-0.3, -0.25) is 4.68 Å². The molecule has 0 saturated heterocycles. The summed E-state index contributed by atoms with van der Waals surface area (Å²) in [5.74, 6) is -1.96. The Balaban J connectivity index is 2.94. The summed E-state index contributed by atoms with van der Waals surface area (Å²) in [5.41, 5.74) is 6.45. The lowest BCUT2D eigenvalue weighted by atomic mass is 10.2. The maximum Gasteiger partial charge on any atom is 0.359 e. The molecule has 1 atom stereocenters. The lowest BCUT2D eigenvalue weighted by molar-refractivity contribution is -0.147. The van der Waals surface area contributed by atoms with Crippen molar-refractivity contribution in [3.05, 3.63) is 11.4 Å². The van der Waals surface area contributed by atoms with Crippen LogP contribution in [0.1, 0.15) is 29.5 Å². The van der Waals surface area contributed by atoms with Crippen LogP contribution in [0.2, 0.25) is 0 Å². The zero-order valence-electron chi connectivity index (χ0n) is 9.93. The van der Waals surface area contributed by atoms with E-state index in [4.69, 9.17) is 15.6 Å². The standard InChI is InChI=1S/C10H15N3O4/c1-4-6(9(14)15)17-10(16)8-7(11)5(2)12-13(8)3/h6H,4,11H2,1-3H3,(H,14,15). The maximum atomic E-state index is 11.7. The number of hydrogen-bond acceptors (Lipinski definition) is 5. The number of carboxylic acid groups (broad SMARTS) is 1. The molecule has 1 heterocycles. The van der Waals surface area contributed by atoms with Gasteiger partial charge in [-0.1, -0.05) is 6.92 Å². The van der Waals surface area contributed by atoms with E-state index in [1.54, 1.807) is 20.9 Å². The van der Waals surface area contributed by atoms with Crippen molar-refractivity contribution >= 4 is 17.6 Å². The molecule has 17 heavy (non-hydrogen) atoms. The van der Waals surface area contributed by atoms with Gasteiger partial charge in [0, 0.05) is 7.05 Å². The highest BCUT2D eigenvalue weighted by Crippen LogP contribution is 2.17. The van der Waals surface area contributed by atoms with Crippen molar-refractivity contribution in [2.45, 2.75) is 26.4 Å². The lowest BCUT2D eigenvalue weighted by Gasteiger charge is -2.11. The number of aromatic nitrogens is 2. The van der Waals surface area contributed by atoms with Gasteiger partial charge < -0.3 is 15.6 Å². The van der Waals surface area contributed by atoms with Crippen LogP contribution >= 0.6 is 0 Å². The smallest absolute Gasteiger partial charge is 0.359 e. The van der Waals surface area contributed by atoms with Gasteiger partial charge in [-0.15, -0.1) is 0 Å². The fourth-order valence-corrected chi connectivity index (χ4v) is 1.41. The topological polar surface area (TPSA) is 107 Å². The number of aliphatic carboxylic acids is 1. The lowest BCUT2D eigenvalue weighted by Crippen LogP contribution is -2.27. The molecule has 7 heteroatoms. The average Bonchev–Trinajstić information content (AvgIpc) is 2.49. The summed E-state index contributed by atoms with van der Waals surface area (Å²) in [7, 11) is 1.54. The summed E-state index contributed by atoms with van der Waals surface area (Å²) in [6, 6.07) is 0. The number of carbonyl (C=O) groups excluding carboxylic acids is 1. The van der Waals surface area contributed by atoms with Crippen molar-refractivity contribution in [3.8, 4) is 0 Å². The number of nitrogens with two attached hydrogens (primary N) is 1. The Labute approximate surface area is 98.2 Å². The summed E-state index contributed by atoms with van der Waals surface area (Å²) in [5, 5.41) is 12.7. The van der Waals surface area contributed by atoms with E-state index in [2.05, 4.69) is 5.10 Å². The highest BCUT2D eigenvalue weighted by Gasteiger charge is 2.25. The third kappa shape index (κ3) is 2.55. The van der Waals surface area contributed by atoms with E-state index in [0.29, 0.717) is 5.69 Å². The summed E-state index contributed by atoms with van der Waals surface area (Å²) < 4.78 is 6.12. The van der Waals surface area contributed by atoms with Gasteiger partial charge in [-0.05, 0) is 13.3 Å². The van der Waals surface area contributed by atoms with Gasteiger partial charge in [-0.2, -0.15) is 5.10 Å². The molecule has 0 radical (unpaired) electrons. The average molecular weight is 241 g/mol. The molecule has 7 nitrogen and oxygen atoms in total. The van der Waals surface area contributed by atoms with Gasteiger partial charge in [0.15, 0.2) is 11.8 Å². The first-order valence-electron chi connectivity index (χ1n) is 5.11. The fraction of sp³-hybridized carbons (Fsp3) is 0.500. The number of aryl methyl sites for hydroxylation is 2. The molecule has 0 aliphatic carbocycles. The zero-order chi connectivity index (χ0) is 13.2. The first kappa shape index (κ1) is 13.0. The molecule has 0 aliphatic rings. The second kappa shape index (κ2) is 4.86. The number of anilines is 1. The molecular weight excluding hydrogens is 226 g/mol. The van der Waals surface area contributed by atoms with Crippen LogP contribution in [0.4, 0.5) is 5.69 Å². The van der Waals surface area contributed by atoms with Crippen molar-refractivity contribution in [1.29, 1.82) is 0 Å². The number of nitrogen functional groups attached to an aromatic ring is 1. The molecule has 0 bridgehead atoms. The van der Waals surface area contributed by atoms with Gasteiger partial charge >= 0.3 is 11.9 Å². The molecule has 1 aromatic rings. The zero-order valence-corrected chi connectivity index (χ0v) is 9.93. The molecule has 0 amide bonds. The van der Waals surface area contributed by atoms with E-state index in [1.165, 1.54) is 4.68 Å². The number of ether oxygens (including phenoxy) is 1. The van der Waals surface area contributed by atoms with Crippen LogP contribution in [0, 0.1) is 6.92 Å².